The van der Waals surface area contributed by atoms with Crippen LogP contribution in [0.2, 0.25) is 0 Å². The van der Waals surface area contributed by atoms with E-state index in [4.69, 9.17) is 11.6 Å². The van der Waals surface area contributed by atoms with Crippen LogP contribution in [-0.4, -0.2) is 37.3 Å². The van der Waals surface area contributed by atoms with E-state index in [1.807, 2.05) is 0 Å². The quantitative estimate of drug-likeness (QED) is 0.505. The molecular formula is C12H10ClNO6. The summed E-state index contributed by atoms with van der Waals surface area (Å²) in [6.45, 7) is 0. The largest absolute Gasteiger partial charge is 0.465 e. The van der Waals surface area contributed by atoms with Crippen molar-refractivity contribution in [3.05, 3.63) is 29.3 Å². The number of carbonyl (C=O) groups excluding carboxylic acids is 4. The number of nitrogens with one attached hydrogen (secondary N) is 1. The predicted molar refractivity (Wildman–Crippen MR) is 68.6 cm³/mol. The highest BCUT2D eigenvalue weighted by Crippen LogP contribution is 2.17. The Kier molecular flexibility index (Phi) is 5.22. The molecule has 0 bridgehead atoms. The molecule has 0 aromatic heterocycles. The van der Waals surface area contributed by atoms with Crippen LogP contribution in [0.3, 0.4) is 0 Å². The Balaban J connectivity index is 3.22. The lowest BCUT2D eigenvalue weighted by Gasteiger charge is -2.08. The second kappa shape index (κ2) is 6.67. The maximum Gasteiger partial charge on any atom is 0.337 e. The number of carbonyl (C=O) groups is 4. The Bertz CT molecular complexity index is 549. The fourth-order valence-electron chi connectivity index (χ4n) is 1.35. The third kappa shape index (κ3) is 3.79. The van der Waals surface area contributed by atoms with Crippen LogP contribution in [0.5, 0.6) is 0 Å². The van der Waals surface area contributed by atoms with Gasteiger partial charge in [0.2, 0.25) is 0 Å². The van der Waals surface area contributed by atoms with Crippen molar-refractivity contribution < 1.29 is 28.7 Å². The minimum atomic E-state index is -1.23. The Morgan fingerprint density at radius 3 is 1.75 bits per heavy atom. The van der Waals surface area contributed by atoms with Gasteiger partial charge in [-0.1, -0.05) is 0 Å². The normalized spacial score (nSPS) is 9.55. The van der Waals surface area contributed by atoms with E-state index < -0.39 is 23.1 Å². The highest BCUT2D eigenvalue weighted by Gasteiger charge is 2.16. The standard InChI is InChI=1S/C12H10ClNO6/c1-19-11(17)6-3-7(12(18)20-2)5-8(4-6)14-10(16)9(13)15/h3-5H,1-2H3,(H,14,16). The van der Waals surface area contributed by atoms with Gasteiger partial charge in [-0.05, 0) is 29.8 Å². The molecule has 0 spiro atoms. The zero-order valence-corrected chi connectivity index (χ0v) is 11.3. The lowest BCUT2D eigenvalue weighted by atomic mass is 10.1. The Morgan fingerprint density at radius 2 is 1.40 bits per heavy atom. The fourth-order valence-corrected chi connectivity index (χ4v) is 1.40. The van der Waals surface area contributed by atoms with Crippen molar-refractivity contribution in [2.45, 2.75) is 0 Å². The molecule has 0 unspecified atom stereocenters. The number of ether oxygens (including phenoxy) is 2. The van der Waals surface area contributed by atoms with Gasteiger partial charge in [-0.2, -0.15) is 0 Å². The molecule has 1 N–H and O–H groups in total. The second-order valence-corrected chi connectivity index (χ2v) is 3.85. The molecule has 1 aromatic rings. The number of rotatable bonds is 4. The van der Waals surface area contributed by atoms with Gasteiger partial charge in [0.1, 0.15) is 0 Å². The van der Waals surface area contributed by atoms with E-state index in [-0.39, 0.29) is 16.8 Å². The average molecular weight is 300 g/mol. The van der Waals surface area contributed by atoms with Gasteiger partial charge < -0.3 is 14.8 Å². The van der Waals surface area contributed by atoms with Crippen LogP contribution in [0.15, 0.2) is 18.2 Å². The van der Waals surface area contributed by atoms with Crippen molar-refractivity contribution in [1.29, 1.82) is 0 Å². The maximum absolute atomic E-state index is 11.5. The second-order valence-electron chi connectivity index (χ2n) is 3.51. The predicted octanol–water partition coefficient (Wildman–Crippen LogP) is 0.964. The van der Waals surface area contributed by atoms with Crippen LogP contribution in [-0.2, 0) is 19.1 Å². The van der Waals surface area contributed by atoms with Crippen molar-refractivity contribution in [3.63, 3.8) is 0 Å². The molecule has 0 aliphatic carbocycles. The minimum Gasteiger partial charge on any atom is -0.465 e. The molecule has 8 heteroatoms. The molecule has 7 nitrogen and oxygen atoms in total. The van der Waals surface area contributed by atoms with Crippen molar-refractivity contribution in [2.75, 3.05) is 19.5 Å². The monoisotopic (exact) mass is 299 g/mol. The van der Waals surface area contributed by atoms with Gasteiger partial charge in [0, 0.05) is 5.69 Å². The van der Waals surface area contributed by atoms with Gasteiger partial charge in [-0.15, -0.1) is 0 Å². The maximum atomic E-state index is 11.5. The number of anilines is 1. The number of esters is 2. The van der Waals surface area contributed by atoms with E-state index in [0.29, 0.717) is 0 Å². The smallest absolute Gasteiger partial charge is 0.337 e. The highest BCUT2D eigenvalue weighted by atomic mass is 35.5. The van der Waals surface area contributed by atoms with Crippen molar-refractivity contribution in [1.82, 2.24) is 0 Å². The summed E-state index contributed by atoms with van der Waals surface area (Å²) in [7, 11) is 2.32. The zero-order chi connectivity index (χ0) is 15.3. The summed E-state index contributed by atoms with van der Waals surface area (Å²) in [5, 5.41) is 0.915. The van der Waals surface area contributed by atoms with Crippen LogP contribution in [0.25, 0.3) is 0 Å². The SMILES string of the molecule is COC(=O)c1cc(NC(=O)C(=O)Cl)cc(C(=O)OC)c1. The molecule has 0 atom stereocenters. The van der Waals surface area contributed by atoms with Crippen molar-refractivity contribution >= 4 is 40.4 Å². The summed E-state index contributed by atoms with van der Waals surface area (Å²) < 4.78 is 9.03. The first-order valence-corrected chi connectivity index (χ1v) is 5.59. The van der Waals surface area contributed by atoms with Crippen LogP contribution >= 0.6 is 11.6 Å². The third-order valence-electron chi connectivity index (χ3n) is 2.21. The first kappa shape index (κ1) is 15.6. The number of halogens is 1. The lowest BCUT2D eigenvalue weighted by Crippen LogP contribution is -2.19. The van der Waals surface area contributed by atoms with E-state index in [9.17, 15) is 19.2 Å². The number of hydrogen-bond acceptors (Lipinski definition) is 6. The zero-order valence-electron chi connectivity index (χ0n) is 10.6. The molecule has 1 aromatic carbocycles. The van der Waals surface area contributed by atoms with E-state index >= 15 is 0 Å². The Hall–Kier alpha value is -2.41. The number of benzene rings is 1. The Labute approximate surface area is 118 Å². The van der Waals surface area contributed by atoms with E-state index in [1.54, 1.807) is 0 Å². The van der Waals surface area contributed by atoms with Crippen LogP contribution in [0.4, 0.5) is 5.69 Å². The molecular weight excluding hydrogens is 290 g/mol. The van der Waals surface area contributed by atoms with Gasteiger partial charge in [-0.25, -0.2) is 9.59 Å². The molecule has 0 saturated carbocycles. The summed E-state index contributed by atoms with van der Waals surface area (Å²) >= 11 is 5.00. The molecule has 0 aliphatic heterocycles. The average Bonchev–Trinajstić information content (AvgIpc) is 2.44. The van der Waals surface area contributed by atoms with Crippen molar-refractivity contribution in [2.24, 2.45) is 0 Å². The molecule has 0 heterocycles. The molecule has 0 aliphatic rings. The third-order valence-corrected chi connectivity index (χ3v) is 2.38. The van der Waals surface area contributed by atoms with Crippen LogP contribution in [0, 0.1) is 0 Å². The van der Waals surface area contributed by atoms with Gasteiger partial charge >= 0.3 is 23.1 Å². The van der Waals surface area contributed by atoms with E-state index in [2.05, 4.69) is 14.8 Å². The lowest BCUT2D eigenvalue weighted by molar-refractivity contribution is -0.130. The molecule has 0 radical (unpaired) electrons. The number of methoxy groups -OCH3 is 2. The first-order chi connectivity index (χ1) is 9.38. The van der Waals surface area contributed by atoms with E-state index in [0.717, 1.165) is 14.2 Å². The summed E-state index contributed by atoms with van der Waals surface area (Å²) in [4.78, 5) is 44.8. The fraction of sp³-hybridized carbons (Fsp3) is 0.167. The molecule has 1 rings (SSSR count). The molecule has 106 valence electrons. The van der Waals surface area contributed by atoms with Crippen LogP contribution in [0.1, 0.15) is 20.7 Å². The van der Waals surface area contributed by atoms with Gasteiger partial charge in [0.25, 0.3) is 0 Å². The van der Waals surface area contributed by atoms with Gasteiger partial charge in [0.05, 0.1) is 25.3 Å². The molecule has 1 amide bonds. The summed E-state index contributed by atoms with van der Waals surface area (Å²) in [6.07, 6.45) is 0. The molecule has 0 fully saturated rings. The summed E-state index contributed by atoms with van der Waals surface area (Å²) in [5.41, 5.74) is 0.0488. The summed E-state index contributed by atoms with van der Waals surface area (Å²) in [6, 6.07) is 3.70. The Morgan fingerprint density at radius 1 is 0.950 bits per heavy atom. The molecule has 20 heavy (non-hydrogen) atoms. The van der Waals surface area contributed by atoms with Crippen molar-refractivity contribution in [3.8, 4) is 0 Å². The van der Waals surface area contributed by atoms with Gasteiger partial charge in [-0.3, -0.25) is 9.59 Å². The topological polar surface area (TPSA) is 98.8 Å². The van der Waals surface area contributed by atoms with Crippen LogP contribution < -0.4 is 5.32 Å². The number of amides is 1. The van der Waals surface area contributed by atoms with Gasteiger partial charge in [0.15, 0.2) is 0 Å². The summed E-state index contributed by atoms with van der Waals surface area (Å²) in [5.74, 6) is -2.53. The van der Waals surface area contributed by atoms with E-state index in [1.165, 1.54) is 18.2 Å². The minimum absolute atomic E-state index is 0.00715. The highest BCUT2D eigenvalue weighted by molar-refractivity contribution is 6.82. The first-order valence-electron chi connectivity index (χ1n) is 5.21. The number of hydrogen-bond donors (Lipinski definition) is 1. The molecule has 0 saturated heterocycles.